The van der Waals surface area contributed by atoms with Gasteiger partial charge in [0.25, 0.3) is 0 Å². The number of nitrogens with one attached hydrogen (secondary N) is 4. The second-order valence-corrected chi connectivity index (χ2v) is 31.7. The van der Waals surface area contributed by atoms with E-state index in [1.165, 1.54) is 63.0 Å². The van der Waals surface area contributed by atoms with Gasteiger partial charge >= 0.3 is 0 Å². The van der Waals surface area contributed by atoms with Gasteiger partial charge in [0, 0.05) is 199 Å². The highest BCUT2D eigenvalue weighted by molar-refractivity contribution is 6.32. The lowest BCUT2D eigenvalue weighted by Crippen LogP contribution is -2.59. The smallest absolute Gasteiger partial charge is 0.165 e. The second-order valence-electron chi connectivity index (χ2n) is 31.3. The van der Waals surface area contributed by atoms with Gasteiger partial charge < -0.3 is 45.1 Å². The molecular formula is C83H92ClF4N23O4. The van der Waals surface area contributed by atoms with E-state index in [0.29, 0.717) is 140 Å². The van der Waals surface area contributed by atoms with Crippen LogP contribution in [0.15, 0.2) is 141 Å². The molecule has 0 radical (unpaired) electrons. The van der Waals surface area contributed by atoms with Gasteiger partial charge in [0.05, 0.1) is 41.9 Å². The summed E-state index contributed by atoms with van der Waals surface area (Å²) in [5, 5.41) is 31.2. The summed E-state index contributed by atoms with van der Waals surface area (Å²) in [7, 11) is 2.07. The number of hydrogen-bond donors (Lipinski definition) is 4. The normalized spacial score (nSPS) is 23.1. The lowest BCUT2D eigenvalue weighted by atomic mass is 10.1. The standard InChI is InChI=1S/C23H27FN6O.C22H25FN6O.C19H19ClFN5O.C19H21FN6O/c1-27-9-10-29-13-16-3-2-7-28(16)14-17(29)15-31-18-4-5-21(24)19(11-18)20-12-25-30-8-6-22(27)26-23(20)30;23-20-4-3-17-10-18(20)19-11-25-29-8-5-21(26-22(19)29)24-6-9-28-12-15-2-1-7-27(15)13-16(28)14-30-17;20-15-9-16(21)13-8-17(15)27-11-12-2-1-5-25(12)7-4-22-18-3-6-26-19(24-18)14(13)10-23-26;20-17-2-1-13-9-15(17)16-11-23-26-6-3-18(24-19(16)26)22-5-8-25-7-4-21-10-14(12-25)27-13/h4-6,8,11-12,16-17H,2-3,7,9-10,13-15H2,1H3;3-5,8,10-11,15-16H,1-2,6-7,9,12-14H2,(H,24,26);3,6,8-10,12H,1-2,4-5,7,11H2,(H,22,24);1-3,6,9,11,14,21H,4-5,7-8,10,12H2,(H,22,24)/t16-,17+;15-,16+;12-;14-/m1101/s1. The summed E-state index contributed by atoms with van der Waals surface area (Å²) in [5.74, 6) is 4.35. The maximum Gasteiger partial charge on any atom is 0.165 e. The number of rotatable bonds is 0. The van der Waals surface area contributed by atoms with Crippen molar-refractivity contribution in [2.24, 2.45) is 0 Å². The first-order chi connectivity index (χ1) is 56.3. The highest BCUT2D eigenvalue weighted by Crippen LogP contribution is 2.39. The summed E-state index contributed by atoms with van der Waals surface area (Å²) in [6, 6.07) is 27.7. The van der Waals surface area contributed by atoms with Crippen molar-refractivity contribution in [3.8, 4) is 67.5 Å². The molecule has 27 nitrogen and oxygen atoms in total. The molecule has 10 aliphatic rings. The Labute approximate surface area is 667 Å². The molecule has 4 aromatic carbocycles. The first kappa shape index (κ1) is 74.6. The van der Waals surface area contributed by atoms with Crippen LogP contribution in [0.1, 0.15) is 38.5 Å². The molecule has 0 amide bonds. The number of likely N-dealkylation sites (N-methyl/N-ethyl adjacent to an activating group) is 1. The van der Waals surface area contributed by atoms with Crippen molar-refractivity contribution in [2.75, 3.05) is 172 Å². The lowest BCUT2D eigenvalue weighted by Gasteiger charge is -2.44. The van der Waals surface area contributed by atoms with Crippen molar-refractivity contribution in [3.63, 3.8) is 0 Å². The van der Waals surface area contributed by atoms with E-state index in [2.05, 4.69) is 93.0 Å². The van der Waals surface area contributed by atoms with Crippen LogP contribution in [0.4, 0.5) is 40.8 Å². The van der Waals surface area contributed by atoms with Gasteiger partial charge in [0.15, 0.2) is 22.6 Å². The van der Waals surface area contributed by atoms with E-state index in [0.717, 1.165) is 147 Å². The number of hydrogen-bond acceptors (Lipinski definition) is 23. The van der Waals surface area contributed by atoms with Crippen molar-refractivity contribution in [3.05, 3.63) is 169 Å². The molecule has 32 heteroatoms. The molecule has 22 rings (SSSR count). The maximum atomic E-state index is 14.8. The zero-order valence-electron chi connectivity index (χ0n) is 64.1. The van der Waals surface area contributed by atoms with Crippen LogP contribution >= 0.6 is 11.6 Å². The van der Waals surface area contributed by atoms with Gasteiger partial charge in [-0.3, -0.25) is 29.4 Å². The summed E-state index contributed by atoms with van der Waals surface area (Å²) < 4.78 is 90.1. The Kier molecular flexibility index (Phi) is 21.2. The number of aromatic nitrogens is 12. The Morgan fingerprint density at radius 1 is 0.391 bits per heavy atom. The predicted octanol–water partition coefficient (Wildman–Crippen LogP) is 10.1. The lowest BCUT2D eigenvalue weighted by molar-refractivity contribution is 0.0293. The van der Waals surface area contributed by atoms with Crippen molar-refractivity contribution < 1.29 is 36.5 Å². The number of ether oxygens (including phenoxy) is 4. The van der Waals surface area contributed by atoms with E-state index in [1.54, 1.807) is 85.3 Å². The first-order valence-electron chi connectivity index (χ1n) is 40.2. The van der Waals surface area contributed by atoms with E-state index in [-0.39, 0.29) is 28.6 Å². The third-order valence-corrected chi connectivity index (χ3v) is 24.4. The van der Waals surface area contributed by atoms with Gasteiger partial charge in [-0.15, -0.1) is 0 Å². The van der Waals surface area contributed by atoms with Crippen LogP contribution in [0.2, 0.25) is 5.02 Å². The molecule has 8 aromatic heterocycles. The van der Waals surface area contributed by atoms with Gasteiger partial charge in [0.2, 0.25) is 0 Å². The predicted molar refractivity (Wildman–Crippen MR) is 432 cm³/mol. The van der Waals surface area contributed by atoms with Crippen LogP contribution in [0.25, 0.3) is 67.1 Å². The van der Waals surface area contributed by atoms with E-state index < -0.39 is 5.82 Å². The van der Waals surface area contributed by atoms with Crippen LogP contribution in [-0.2, 0) is 0 Å². The fraction of sp³-hybridized carbons (Fsp3) is 0.422. The molecule has 0 saturated carbocycles. The van der Waals surface area contributed by atoms with E-state index in [4.69, 9.17) is 40.5 Å². The number of fused-ring (bicyclic) bond motifs is 23. The van der Waals surface area contributed by atoms with E-state index in [9.17, 15) is 17.6 Å². The molecule has 10 aliphatic heterocycles. The van der Waals surface area contributed by atoms with Gasteiger partial charge in [-0.1, -0.05) is 11.6 Å². The maximum absolute atomic E-state index is 14.8. The first-order valence-corrected chi connectivity index (χ1v) is 40.6. The van der Waals surface area contributed by atoms with Crippen molar-refractivity contribution >= 4 is 57.5 Å². The van der Waals surface area contributed by atoms with Crippen molar-refractivity contribution in [1.29, 1.82) is 0 Å². The summed E-state index contributed by atoms with van der Waals surface area (Å²) >= 11 is 6.25. The quantitative estimate of drug-likeness (QED) is 0.104. The van der Waals surface area contributed by atoms with Gasteiger partial charge in [-0.2, -0.15) is 20.4 Å². The minimum Gasteiger partial charge on any atom is -0.492 e. The largest absolute Gasteiger partial charge is 0.492 e. The second kappa shape index (κ2) is 32.6. The number of nitrogens with zero attached hydrogens (tertiary/aromatic N) is 19. The van der Waals surface area contributed by atoms with Crippen LogP contribution in [0.5, 0.6) is 23.0 Å². The van der Waals surface area contributed by atoms with E-state index in [1.807, 2.05) is 49.1 Å². The summed E-state index contributed by atoms with van der Waals surface area (Å²) in [4.78, 5) is 36.1. The van der Waals surface area contributed by atoms with Gasteiger partial charge in [-0.05, 0) is 149 Å². The Morgan fingerprint density at radius 3 is 1.38 bits per heavy atom. The minimum atomic E-state index is -0.419. The minimum absolute atomic E-state index is 0.0110. The molecule has 12 aromatic rings. The summed E-state index contributed by atoms with van der Waals surface area (Å²) in [6.07, 6.45) is 21.4. The molecule has 6 saturated heterocycles. The SMILES string of the molecule is CN1CCN2C[C@H]3CCCN3C[C@H]2COc2ccc(F)c(c2)-c2cnn3ccc1nc23.Fc1cc(Cl)c2cc1-c1cnn3ccc(nc13)NCCN1CCC[C@H]1CO2.Fc1ccc2cc1-c1cnn3ccc(nc13)NCCN1CCNC[C@H](C1)O2.Fc1ccc2cc1-c1cnn3ccc(nc13)NCCN1C[C@H]3CCCN3C[C@H]1CO2. The molecule has 1 unspecified atom stereocenters. The van der Waals surface area contributed by atoms with Crippen LogP contribution in [-0.4, -0.2) is 275 Å². The summed E-state index contributed by atoms with van der Waals surface area (Å²) in [6.45, 7) is 19.8. The zero-order valence-corrected chi connectivity index (χ0v) is 64.8. The van der Waals surface area contributed by atoms with Crippen LogP contribution in [0.3, 0.4) is 0 Å². The number of piperazine rings is 2. The monoisotopic (exact) mass is 1590 g/mol. The van der Waals surface area contributed by atoms with Gasteiger partial charge in [0.1, 0.15) is 95.5 Å². The molecule has 0 aliphatic carbocycles. The average Bonchev–Trinajstić information content (AvgIpc) is 0.947. The van der Waals surface area contributed by atoms with E-state index >= 15 is 0 Å². The Bertz CT molecular complexity index is 5520. The average molecular weight is 1590 g/mol. The fourth-order valence-corrected chi connectivity index (χ4v) is 18.1. The molecule has 4 N–H and O–H groups in total. The molecule has 7 atom stereocenters. The number of anilines is 4. The third kappa shape index (κ3) is 15.8. The molecule has 0 spiro atoms. The van der Waals surface area contributed by atoms with Crippen molar-refractivity contribution in [2.45, 2.75) is 74.8 Å². The van der Waals surface area contributed by atoms with Crippen molar-refractivity contribution in [1.82, 2.24) is 93.1 Å². The molecule has 115 heavy (non-hydrogen) atoms. The Morgan fingerprint density at radius 2 is 0.826 bits per heavy atom. The molecule has 18 heterocycles. The Balaban J connectivity index is 0.000000103. The van der Waals surface area contributed by atoms with Crippen LogP contribution in [0, 0.1) is 23.3 Å². The zero-order chi connectivity index (χ0) is 77.6. The molecule has 18 bridgehead atoms. The fourth-order valence-electron chi connectivity index (χ4n) is 17.9. The molecule has 6 fully saturated rings. The number of halogens is 5. The number of benzene rings is 4. The van der Waals surface area contributed by atoms with Gasteiger partial charge in [-0.25, -0.2) is 55.6 Å². The third-order valence-electron chi connectivity index (χ3n) is 24.1. The highest BCUT2D eigenvalue weighted by Gasteiger charge is 2.39. The molecular weight excluding hydrogens is 1490 g/mol. The van der Waals surface area contributed by atoms with Crippen LogP contribution < -0.4 is 45.1 Å². The highest BCUT2D eigenvalue weighted by atomic mass is 35.5. The molecule has 598 valence electrons. The topological polar surface area (TPSA) is 228 Å². The Hall–Kier alpha value is -10.5. The summed E-state index contributed by atoms with van der Waals surface area (Å²) in [5.41, 5.74) is 6.85.